The molecule has 1 aliphatic carbocycles. The van der Waals surface area contributed by atoms with Gasteiger partial charge in [0.05, 0.1) is 12.1 Å². The van der Waals surface area contributed by atoms with Gasteiger partial charge < -0.3 is 10.0 Å². The van der Waals surface area contributed by atoms with Crippen molar-refractivity contribution in [1.82, 2.24) is 9.80 Å². The van der Waals surface area contributed by atoms with E-state index in [4.69, 9.17) is 0 Å². The van der Waals surface area contributed by atoms with Crippen molar-refractivity contribution in [1.29, 1.82) is 0 Å². The Labute approximate surface area is 177 Å². The summed E-state index contributed by atoms with van der Waals surface area (Å²) in [6, 6.07) is 15.1. The highest BCUT2D eigenvalue weighted by Gasteiger charge is 2.66. The van der Waals surface area contributed by atoms with Crippen LogP contribution < -0.4 is 0 Å². The summed E-state index contributed by atoms with van der Waals surface area (Å²) in [5.74, 6) is 0.923. The normalized spacial score (nSPS) is 25.1. The highest BCUT2D eigenvalue weighted by molar-refractivity contribution is 5.77. The Morgan fingerprint density at radius 2 is 1.87 bits per heavy atom. The predicted octanol–water partition coefficient (Wildman–Crippen LogP) is 3.65. The maximum Gasteiger partial charge on any atom is 0.222 e. The minimum atomic E-state index is -0.235. The lowest BCUT2D eigenvalue weighted by atomic mass is 9.60. The van der Waals surface area contributed by atoms with Gasteiger partial charge in [-0.15, -0.1) is 0 Å². The quantitative estimate of drug-likeness (QED) is 0.794. The van der Waals surface area contributed by atoms with Crippen LogP contribution in [0.3, 0.4) is 0 Å². The van der Waals surface area contributed by atoms with Gasteiger partial charge in [-0.05, 0) is 47.6 Å². The second-order valence-corrected chi connectivity index (χ2v) is 9.16. The first-order valence-corrected chi connectivity index (χ1v) is 11.1. The van der Waals surface area contributed by atoms with Gasteiger partial charge in [0.25, 0.3) is 0 Å². The number of benzene rings is 2. The van der Waals surface area contributed by atoms with Gasteiger partial charge in [-0.2, -0.15) is 0 Å². The Bertz CT molecular complexity index is 934. The van der Waals surface area contributed by atoms with Crippen molar-refractivity contribution in [2.45, 2.75) is 43.7 Å². The van der Waals surface area contributed by atoms with Gasteiger partial charge in [0.1, 0.15) is 5.82 Å². The van der Waals surface area contributed by atoms with E-state index in [0.717, 1.165) is 36.7 Å². The van der Waals surface area contributed by atoms with Crippen molar-refractivity contribution in [2.24, 2.45) is 5.92 Å². The summed E-state index contributed by atoms with van der Waals surface area (Å²) >= 11 is 0. The van der Waals surface area contributed by atoms with E-state index in [-0.39, 0.29) is 35.8 Å². The van der Waals surface area contributed by atoms with Gasteiger partial charge in [0.2, 0.25) is 5.91 Å². The summed E-state index contributed by atoms with van der Waals surface area (Å²) in [5, 5.41) is 10.2. The average Bonchev–Trinajstić information content (AvgIpc) is 3.54. The minimum Gasteiger partial charge on any atom is -0.395 e. The van der Waals surface area contributed by atoms with Crippen LogP contribution in [0.2, 0.25) is 0 Å². The minimum absolute atomic E-state index is 0.0544. The molecule has 5 heteroatoms. The molecule has 1 saturated carbocycles. The molecule has 0 bridgehead atoms. The SMILES string of the molecule is CCC(=O)N1CC2(C1)[C@H](c1ccc(-c3cccc(F)c3)cc1)[C@@H](CO)N2CC1CC1. The van der Waals surface area contributed by atoms with E-state index in [1.807, 2.05) is 30.0 Å². The fourth-order valence-electron chi connectivity index (χ4n) is 5.54. The number of likely N-dealkylation sites (tertiary alicyclic amines) is 2. The molecule has 1 N–H and O–H groups in total. The number of carbonyl (C=O) groups is 1. The first-order valence-electron chi connectivity index (χ1n) is 11.1. The number of aliphatic hydroxyl groups is 1. The molecule has 2 atom stereocenters. The number of carbonyl (C=O) groups excluding carboxylic acids is 1. The molecule has 2 aliphatic heterocycles. The Hall–Kier alpha value is -2.24. The van der Waals surface area contributed by atoms with Gasteiger partial charge in [0, 0.05) is 38.0 Å². The van der Waals surface area contributed by atoms with Crippen molar-refractivity contribution < 1.29 is 14.3 Å². The second-order valence-electron chi connectivity index (χ2n) is 9.16. The molecule has 3 fully saturated rings. The highest BCUT2D eigenvalue weighted by atomic mass is 19.1. The maximum absolute atomic E-state index is 13.6. The molecule has 0 radical (unpaired) electrons. The zero-order valence-electron chi connectivity index (χ0n) is 17.4. The van der Waals surface area contributed by atoms with E-state index >= 15 is 0 Å². The van der Waals surface area contributed by atoms with Gasteiger partial charge in [-0.25, -0.2) is 4.39 Å². The van der Waals surface area contributed by atoms with Crippen LogP contribution in [0.4, 0.5) is 4.39 Å². The Morgan fingerprint density at radius 3 is 2.47 bits per heavy atom. The van der Waals surface area contributed by atoms with Crippen molar-refractivity contribution in [3.05, 3.63) is 59.9 Å². The summed E-state index contributed by atoms with van der Waals surface area (Å²) in [4.78, 5) is 16.7. The molecule has 2 aromatic carbocycles. The van der Waals surface area contributed by atoms with Crippen LogP contribution in [0.1, 0.15) is 37.7 Å². The summed E-state index contributed by atoms with van der Waals surface area (Å²) < 4.78 is 13.6. The van der Waals surface area contributed by atoms with Crippen LogP contribution in [0.5, 0.6) is 0 Å². The fourth-order valence-corrected chi connectivity index (χ4v) is 5.54. The van der Waals surface area contributed by atoms with Crippen LogP contribution in [-0.2, 0) is 4.79 Å². The smallest absolute Gasteiger partial charge is 0.222 e. The first-order chi connectivity index (χ1) is 14.6. The van der Waals surface area contributed by atoms with Crippen molar-refractivity contribution in [3.8, 4) is 11.1 Å². The van der Waals surface area contributed by atoms with Crippen LogP contribution in [0.25, 0.3) is 11.1 Å². The molecule has 4 nitrogen and oxygen atoms in total. The lowest BCUT2D eigenvalue weighted by molar-refractivity contribution is -0.197. The number of aliphatic hydroxyl groups excluding tert-OH is 1. The summed E-state index contributed by atoms with van der Waals surface area (Å²) in [6.07, 6.45) is 3.08. The second kappa shape index (κ2) is 7.47. The van der Waals surface area contributed by atoms with Crippen LogP contribution in [-0.4, -0.2) is 58.6 Å². The number of halogens is 1. The van der Waals surface area contributed by atoms with Gasteiger partial charge in [-0.1, -0.05) is 43.3 Å². The number of amides is 1. The van der Waals surface area contributed by atoms with E-state index < -0.39 is 0 Å². The van der Waals surface area contributed by atoms with E-state index in [0.29, 0.717) is 6.42 Å². The lowest BCUT2D eigenvalue weighted by Gasteiger charge is -2.71. The molecular formula is C25H29FN2O2. The topological polar surface area (TPSA) is 43.8 Å². The molecule has 1 spiro atoms. The lowest BCUT2D eigenvalue weighted by Crippen LogP contribution is -2.85. The van der Waals surface area contributed by atoms with Crippen molar-refractivity contribution >= 4 is 5.91 Å². The number of nitrogens with zero attached hydrogens (tertiary/aromatic N) is 2. The zero-order chi connectivity index (χ0) is 20.9. The molecule has 0 aromatic heterocycles. The Morgan fingerprint density at radius 1 is 1.13 bits per heavy atom. The number of hydrogen-bond donors (Lipinski definition) is 1. The number of hydrogen-bond acceptors (Lipinski definition) is 3. The fraction of sp³-hybridized carbons (Fsp3) is 0.480. The molecule has 5 rings (SSSR count). The Balaban J connectivity index is 1.41. The standard InChI is InChI=1S/C25H29FN2O2/c1-2-23(30)27-15-25(16-27)24(22(14-29)28(25)13-17-6-7-17)19-10-8-18(9-11-19)20-4-3-5-21(26)12-20/h3-5,8-12,17,22,24,29H,2,6-7,13-16H2,1H3/t22-,24-/m1/s1. The van der Waals surface area contributed by atoms with Crippen LogP contribution >= 0.6 is 0 Å². The molecule has 2 heterocycles. The number of rotatable bonds is 6. The van der Waals surface area contributed by atoms with Gasteiger partial charge >= 0.3 is 0 Å². The Kier molecular flexibility index (Phi) is 4.91. The average molecular weight is 409 g/mol. The third-order valence-electron chi connectivity index (χ3n) is 7.29. The summed E-state index contributed by atoms with van der Waals surface area (Å²) in [7, 11) is 0. The first kappa shape index (κ1) is 19.7. The third-order valence-corrected chi connectivity index (χ3v) is 7.29. The highest BCUT2D eigenvalue weighted by Crippen LogP contribution is 2.55. The summed E-state index contributed by atoms with van der Waals surface area (Å²) in [6.45, 7) is 4.57. The molecule has 2 aromatic rings. The largest absolute Gasteiger partial charge is 0.395 e. The van der Waals surface area contributed by atoms with E-state index in [2.05, 4.69) is 17.0 Å². The van der Waals surface area contributed by atoms with Gasteiger partial charge in [-0.3, -0.25) is 9.69 Å². The third kappa shape index (κ3) is 3.15. The van der Waals surface area contributed by atoms with E-state index in [1.165, 1.54) is 24.5 Å². The molecule has 2 saturated heterocycles. The molecule has 1 amide bonds. The molecular weight excluding hydrogens is 379 g/mol. The van der Waals surface area contributed by atoms with Crippen molar-refractivity contribution in [3.63, 3.8) is 0 Å². The van der Waals surface area contributed by atoms with Crippen LogP contribution in [0, 0.1) is 11.7 Å². The predicted molar refractivity (Wildman–Crippen MR) is 114 cm³/mol. The van der Waals surface area contributed by atoms with E-state index in [9.17, 15) is 14.3 Å². The van der Waals surface area contributed by atoms with Crippen molar-refractivity contribution in [2.75, 3.05) is 26.2 Å². The maximum atomic E-state index is 13.6. The molecule has 3 aliphatic rings. The monoisotopic (exact) mass is 408 g/mol. The zero-order valence-corrected chi connectivity index (χ0v) is 17.4. The molecule has 0 unspecified atom stereocenters. The summed E-state index contributed by atoms with van der Waals surface area (Å²) in [5.41, 5.74) is 2.99. The van der Waals surface area contributed by atoms with E-state index in [1.54, 1.807) is 12.1 Å². The molecule has 30 heavy (non-hydrogen) atoms. The molecule has 158 valence electrons. The van der Waals surface area contributed by atoms with Gasteiger partial charge in [0.15, 0.2) is 0 Å². The van der Waals surface area contributed by atoms with Crippen LogP contribution in [0.15, 0.2) is 48.5 Å².